The summed E-state index contributed by atoms with van der Waals surface area (Å²) in [5, 5.41) is 3.55. The first kappa shape index (κ1) is 18.9. The van der Waals surface area contributed by atoms with E-state index in [1.54, 1.807) is 30.9 Å². The van der Waals surface area contributed by atoms with Gasteiger partial charge in [-0.25, -0.2) is 13.4 Å². The Morgan fingerprint density at radius 1 is 1.35 bits per heavy atom. The molecule has 0 aliphatic carbocycles. The Morgan fingerprint density at radius 3 is 2.69 bits per heavy atom. The second kappa shape index (κ2) is 7.81. The highest BCUT2D eigenvalue weighted by atomic mass is 32.2. The van der Waals surface area contributed by atoms with Gasteiger partial charge in [0.15, 0.2) is 5.76 Å². The third-order valence-electron chi connectivity index (χ3n) is 4.07. The van der Waals surface area contributed by atoms with Gasteiger partial charge in [-0.05, 0) is 37.7 Å². The minimum absolute atomic E-state index is 0.0349. The van der Waals surface area contributed by atoms with Crippen molar-refractivity contribution in [1.29, 1.82) is 0 Å². The lowest BCUT2D eigenvalue weighted by molar-refractivity contribution is 0.0995. The first-order chi connectivity index (χ1) is 12.4. The normalized spacial score (nSPS) is 15.3. The van der Waals surface area contributed by atoms with E-state index in [1.807, 2.05) is 13.0 Å². The number of thioether (sulfide) groups is 1. The van der Waals surface area contributed by atoms with Crippen molar-refractivity contribution in [2.45, 2.75) is 36.6 Å². The van der Waals surface area contributed by atoms with Gasteiger partial charge in [-0.15, -0.1) is 11.8 Å². The molecule has 1 fully saturated rings. The molecule has 2 aromatic heterocycles. The second-order valence-electron chi connectivity index (χ2n) is 5.91. The molecular weight excluding hydrogens is 374 g/mol. The van der Waals surface area contributed by atoms with Crippen LogP contribution in [-0.2, 0) is 10.0 Å². The van der Waals surface area contributed by atoms with E-state index in [0.29, 0.717) is 18.8 Å². The summed E-state index contributed by atoms with van der Waals surface area (Å²) in [6.45, 7) is 4.59. The fraction of sp³-hybridized carbons (Fsp3) is 0.412. The van der Waals surface area contributed by atoms with Crippen LogP contribution in [0.3, 0.4) is 0 Å². The zero-order valence-electron chi connectivity index (χ0n) is 14.7. The average molecular weight is 396 g/mol. The summed E-state index contributed by atoms with van der Waals surface area (Å²) >= 11 is 1.61. The van der Waals surface area contributed by atoms with Gasteiger partial charge in [-0.2, -0.15) is 4.31 Å². The monoisotopic (exact) mass is 395 g/mol. The van der Waals surface area contributed by atoms with E-state index in [9.17, 15) is 13.2 Å². The van der Waals surface area contributed by atoms with Crippen molar-refractivity contribution >= 4 is 33.4 Å². The van der Waals surface area contributed by atoms with Gasteiger partial charge >= 0.3 is 0 Å². The smallest absolute Gasteiger partial charge is 0.291 e. The number of hydrogen-bond acceptors (Lipinski definition) is 6. The SMILES string of the molecule is CCSc1ccc(NC(=O)c2cc(S(=O)(=O)N3CCCC3)c(C)o2)cn1. The molecule has 0 bridgehead atoms. The number of hydrogen-bond donors (Lipinski definition) is 1. The maximum atomic E-state index is 12.7. The predicted octanol–water partition coefficient (Wildman–Crippen LogP) is 3.13. The highest BCUT2D eigenvalue weighted by molar-refractivity contribution is 7.99. The molecule has 1 aliphatic rings. The van der Waals surface area contributed by atoms with Gasteiger partial charge in [-0.3, -0.25) is 4.79 Å². The number of amides is 1. The van der Waals surface area contributed by atoms with Crippen molar-refractivity contribution in [3.63, 3.8) is 0 Å². The van der Waals surface area contributed by atoms with Gasteiger partial charge in [-0.1, -0.05) is 6.92 Å². The fourth-order valence-corrected chi connectivity index (χ4v) is 5.05. The van der Waals surface area contributed by atoms with E-state index < -0.39 is 15.9 Å². The van der Waals surface area contributed by atoms with Crippen molar-refractivity contribution in [2.24, 2.45) is 0 Å². The predicted molar refractivity (Wildman–Crippen MR) is 100 cm³/mol. The molecular formula is C17H21N3O4S2. The highest BCUT2D eigenvalue weighted by Gasteiger charge is 2.31. The Hall–Kier alpha value is -1.84. The second-order valence-corrected chi connectivity index (χ2v) is 9.11. The molecule has 2 aromatic rings. The van der Waals surface area contributed by atoms with Crippen molar-refractivity contribution in [1.82, 2.24) is 9.29 Å². The summed E-state index contributed by atoms with van der Waals surface area (Å²) in [6.07, 6.45) is 3.26. The lowest BCUT2D eigenvalue weighted by Gasteiger charge is -2.14. The number of nitrogens with one attached hydrogen (secondary N) is 1. The number of aromatic nitrogens is 1. The van der Waals surface area contributed by atoms with Crippen LogP contribution in [0.15, 0.2) is 38.7 Å². The van der Waals surface area contributed by atoms with Crippen LogP contribution in [0.25, 0.3) is 0 Å². The molecule has 1 amide bonds. The fourth-order valence-electron chi connectivity index (χ4n) is 2.78. The Morgan fingerprint density at radius 2 is 2.08 bits per heavy atom. The number of aryl methyl sites for hydroxylation is 1. The zero-order chi connectivity index (χ0) is 18.7. The van der Waals surface area contributed by atoms with E-state index >= 15 is 0 Å². The molecule has 3 rings (SSSR count). The zero-order valence-corrected chi connectivity index (χ0v) is 16.3. The molecule has 0 radical (unpaired) electrons. The molecule has 0 atom stereocenters. The van der Waals surface area contributed by atoms with Gasteiger partial charge in [0.1, 0.15) is 10.7 Å². The summed E-state index contributed by atoms with van der Waals surface area (Å²) in [5.41, 5.74) is 0.522. The minimum atomic E-state index is -3.62. The van der Waals surface area contributed by atoms with Crippen molar-refractivity contribution in [3.05, 3.63) is 35.9 Å². The standard InChI is InChI=1S/C17H21N3O4S2/c1-3-25-16-7-6-13(11-18-16)19-17(21)14-10-15(12(2)24-14)26(22,23)20-8-4-5-9-20/h6-7,10-11H,3-5,8-9H2,1-2H3,(H,19,21). The quantitative estimate of drug-likeness (QED) is 0.756. The lowest BCUT2D eigenvalue weighted by Crippen LogP contribution is -2.28. The number of carbonyl (C=O) groups is 1. The molecule has 1 aliphatic heterocycles. The molecule has 0 spiro atoms. The summed E-state index contributed by atoms with van der Waals surface area (Å²) in [5.74, 6) is 0.592. The molecule has 0 unspecified atom stereocenters. The molecule has 0 saturated carbocycles. The van der Waals surface area contributed by atoms with E-state index in [4.69, 9.17) is 4.42 Å². The largest absolute Gasteiger partial charge is 0.455 e. The first-order valence-electron chi connectivity index (χ1n) is 8.42. The third-order valence-corrected chi connectivity index (χ3v) is 6.90. The Kier molecular flexibility index (Phi) is 5.69. The van der Waals surface area contributed by atoms with E-state index in [2.05, 4.69) is 10.3 Å². The van der Waals surface area contributed by atoms with E-state index in [0.717, 1.165) is 23.6 Å². The maximum Gasteiger partial charge on any atom is 0.291 e. The molecule has 1 saturated heterocycles. The van der Waals surface area contributed by atoms with Crippen LogP contribution in [0.5, 0.6) is 0 Å². The number of pyridine rings is 1. The third kappa shape index (κ3) is 3.94. The molecule has 7 nitrogen and oxygen atoms in total. The summed E-state index contributed by atoms with van der Waals surface area (Å²) in [7, 11) is -3.62. The van der Waals surface area contributed by atoms with E-state index in [-0.39, 0.29) is 16.4 Å². The number of sulfonamides is 1. The average Bonchev–Trinajstić information content (AvgIpc) is 3.27. The molecule has 0 aromatic carbocycles. The first-order valence-corrected chi connectivity index (χ1v) is 10.8. The van der Waals surface area contributed by atoms with Crippen molar-refractivity contribution < 1.29 is 17.6 Å². The molecule has 26 heavy (non-hydrogen) atoms. The van der Waals surface area contributed by atoms with E-state index in [1.165, 1.54) is 10.4 Å². The maximum absolute atomic E-state index is 12.7. The van der Waals surface area contributed by atoms with Crippen molar-refractivity contribution in [2.75, 3.05) is 24.2 Å². The van der Waals surface area contributed by atoms with Crippen LogP contribution in [0, 0.1) is 6.92 Å². The summed E-state index contributed by atoms with van der Waals surface area (Å²) < 4.78 is 32.2. The van der Waals surface area contributed by atoms with Gasteiger partial charge in [0.25, 0.3) is 5.91 Å². The number of carbonyl (C=O) groups excluding carboxylic acids is 1. The Labute approximate surface area is 157 Å². The summed E-state index contributed by atoms with van der Waals surface area (Å²) in [6, 6.07) is 4.87. The summed E-state index contributed by atoms with van der Waals surface area (Å²) in [4.78, 5) is 16.7. The Bertz CT molecular complexity index is 885. The molecule has 3 heterocycles. The number of anilines is 1. The topological polar surface area (TPSA) is 92.5 Å². The van der Waals surface area contributed by atoms with Gasteiger partial charge in [0, 0.05) is 19.2 Å². The molecule has 1 N–H and O–H groups in total. The van der Waals surface area contributed by atoms with Crippen LogP contribution in [-0.4, -0.2) is 42.5 Å². The van der Waals surface area contributed by atoms with Gasteiger partial charge < -0.3 is 9.73 Å². The molecule has 140 valence electrons. The van der Waals surface area contributed by atoms with Crippen LogP contribution in [0.1, 0.15) is 36.1 Å². The number of furan rings is 1. The lowest BCUT2D eigenvalue weighted by atomic mass is 10.3. The van der Waals surface area contributed by atoms with Gasteiger partial charge in [0.2, 0.25) is 10.0 Å². The van der Waals surface area contributed by atoms with Crippen LogP contribution in [0.2, 0.25) is 0 Å². The molecule has 9 heteroatoms. The van der Waals surface area contributed by atoms with Gasteiger partial charge in [0.05, 0.1) is 16.9 Å². The Balaban J connectivity index is 1.76. The highest BCUT2D eigenvalue weighted by Crippen LogP contribution is 2.27. The van der Waals surface area contributed by atoms with Crippen LogP contribution in [0.4, 0.5) is 5.69 Å². The van der Waals surface area contributed by atoms with Crippen molar-refractivity contribution in [3.8, 4) is 0 Å². The number of rotatable bonds is 6. The van der Waals surface area contributed by atoms with Crippen LogP contribution < -0.4 is 5.32 Å². The number of nitrogens with zero attached hydrogens (tertiary/aromatic N) is 2. The van der Waals surface area contributed by atoms with Crippen LogP contribution >= 0.6 is 11.8 Å². The minimum Gasteiger partial charge on any atom is -0.455 e.